The molecule has 0 unspecified atom stereocenters. The summed E-state index contributed by atoms with van der Waals surface area (Å²) in [5, 5.41) is 13.6. The second-order valence-corrected chi connectivity index (χ2v) is 4.77. The fourth-order valence-electron chi connectivity index (χ4n) is 2.05. The van der Waals surface area contributed by atoms with Crippen LogP contribution in [-0.4, -0.2) is 29.5 Å². The highest BCUT2D eigenvalue weighted by Crippen LogP contribution is 2.32. The smallest absolute Gasteiger partial charge is 0.310 e. The molecule has 108 valence electrons. The van der Waals surface area contributed by atoms with Gasteiger partial charge in [0.15, 0.2) is 5.75 Å². The molecule has 7 heteroatoms. The van der Waals surface area contributed by atoms with E-state index in [4.69, 9.17) is 10.5 Å². The van der Waals surface area contributed by atoms with Crippen molar-refractivity contribution < 1.29 is 14.5 Å². The third kappa shape index (κ3) is 3.05. The average Bonchev–Trinajstić information content (AvgIpc) is 2.36. The van der Waals surface area contributed by atoms with Gasteiger partial charge in [-0.3, -0.25) is 14.9 Å². The lowest BCUT2D eigenvalue weighted by molar-refractivity contribution is -0.386. The Bertz CT molecular complexity index is 526. The normalized spacial score (nSPS) is 20.9. The van der Waals surface area contributed by atoms with E-state index >= 15 is 0 Å². The topological polar surface area (TPSA) is 107 Å². The fourth-order valence-corrected chi connectivity index (χ4v) is 2.05. The van der Waals surface area contributed by atoms with Crippen LogP contribution in [0.5, 0.6) is 5.75 Å². The van der Waals surface area contributed by atoms with Crippen molar-refractivity contribution >= 4 is 11.6 Å². The van der Waals surface area contributed by atoms with Crippen LogP contribution >= 0.6 is 0 Å². The summed E-state index contributed by atoms with van der Waals surface area (Å²) in [6.07, 6.45) is 1.22. The molecule has 0 aliphatic heterocycles. The minimum absolute atomic E-state index is 0.0885. The monoisotopic (exact) mass is 279 g/mol. The Kier molecular flexibility index (Phi) is 4.19. The molecule has 0 saturated heterocycles. The van der Waals surface area contributed by atoms with Crippen molar-refractivity contribution in [1.29, 1.82) is 0 Å². The van der Waals surface area contributed by atoms with E-state index in [-0.39, 0.29) is 29.5 Å². The maximum Gasteiger partial charge on any atom is 0.310 e. The number of nitro benzene ring substituents is 1. The quantitative estimate of drug-likeness (QED) is 0.622. The number of hydrogen-bond donors (Lipinski definition) is 2. The predicted molar refractivity (Wildman–Crippen MR) is 72.7 cm³/mol. The van der Waals surface area contributed by atoms with Crippen LogP contribution in [0.25, 0.3) is 0 Å². The summed E-state index contributed by atoms with van der Waals surface area (Å²) >= 11 is 0. The van der Waals surface area contributed by atoms with E-state index in [1.807, 2.05) is 0 Å². The van der Waals surface area contributed by atoms with E-state index in [9.17, 15) is 14.9 Å². The first kappa shape index (κ1) is 14.3. The van der Waals surface area contributed by atoms with Crippen molar-refractivity contribution in [3.63, 3.8) is 0 Å². The zero-order chi connectivity index (χ0) is 14.7. The number of carbonyl (C=O) groups is 1. The van der Waals surface area contributed by atoms with Crippen LogP contribution in [0.3, 0.4) is 0 Å². The van der Waals surface area contributed by atoms with Crippen molar-refractivity contribution in [2.75, 3.05) is 6.54 Å². The molecule has 20 heavy (non-hydrogen) atoms. The number of amides is 1. The number of carbonyl (C=O) groups excluding carboxylic acids is 1. The van der Waals surface area contributed by atoms with E-state index in [1.165, 1.54) is 18.2 Å². The Morgan fingerprint density at radius 1 is 1.55 bits per heavy atom. The Labute approximate surface area is 116 Å². The van der Waals surface area contributed by atoms with Crippen molar-refractivity contribution in [3.05, 3.63) is 33.9 Å². The van der Waals surface area contributed by atoms with Crippen LogP contribution < -0.4 is 15.8 Å². The molecule has 1 aliphatic carbocycles. The minimum atomic E-state index is -0.518. The Balaban J connectivity index is 2.22. The molecule has 1 amide bonds. The summed E-state index contributed by atoms with van der Waals surface area (Å²) in [7, 11) is 0. The standard InChI is InChI=1S/C13H17N3O4/c1-2-15-13(17)8-3-4-11(16(18)19)12(5-8)20-10-6-9(14)7-10/h3-5,9-10H,2,6-7,14H2,1H3,(H,15,17). The predicted octanol–water partition coefficient (Wildman–Crippen LogP) is 1.21. The Morgan fingerprint density at radius 3 is 2.80 bits per heavy atom. The number of nitrogens with one attached hydrogen (secondary N) is 1. The molecule has 0 spiro atoms. The summed E-state index contributed by atoms with van der Waals surface area (Å²) in [4.78, 5) is 22.2. The van der Waals surface area contributed by atoms with Gasteiger partial charge in [0.1, 0.15) is 6.10 Å². The molecular weight excluding hydrogens is 262 g/mol. The third-order valence-corrected chi connectivity index (χ3v) is 3.18. The Morgan fingerprint density at radius 2 is 2.25 bits per heavy atom. The molecule has 0 heterocycles. The molecule has 0 atom stereocenters. The van der Waals surface area contributed by atoms with Crippen LogP contribution in [0.4, 0.5) is 5.69 Å². The number of ether oxygens (including phenoxy) is 1. The number of rotatable bonds is 5. The second kappa shape index (κ2) is 5.87. The summed E-state index contributed by atoms with van der Waals surface area (Å²) < 4.78 is 5.58. The first-order chi connectivity index (χ1) is 9.51. The van der Waals surface area contributed by atoms with Gasteiger partial charge in [-0.25, -0.2) is 0 Å². The van der Waals surface area contributed by atoms with Gasteiger partial charge >= 0.3 is 5.69 Å². The van der Waals surface area contributed by atoms with Crippen LogP contribution in [0.2, 0.25) is 0 Å². The summed E-state index contributed by atoms with van der Waals surface area (Å²) in [5.41, 5.74) is 5.86. The van der Waals surface area contributed by atoms with Crippen molar-refractivity contribution in [2.45, 2.75) is 31.9 Å². The van der Waals surface area contributed by atoms with Crippen molar-refractivity contribution in [2.24, 2.45) is 5.73 Å². The number of hydrogen-bond acceptors (Lipinski definition) is 5. The highest BCUT2D eigenvalue weighted by atomic mass is 16.6. The lowest BCUT2D eigenvalue weighted by Crippen LogP contribution is -2.43. The zero-order valence-corrected chi connectivity index (χ0v) is 11.2. The van der Waals surface area contributed by atoms with Gasteiger partial charge in [0.25, 0.3) is 5.91 Å². The first-order valence-electron chi connectivity index (χ1n) is 6.50. The number of nitro groups is 1. The molecular formula is C13H17N3O4. The van der Waals surface area contributed by atoms with Gasteiger partial charge in [0.2, 0.25) is 0 Å². The molecule has 1 saturated carbocycles. The van der Waals surface area contributed by atoms with Crippen LogP contribution in [0.15, 0.2) is 18.2 Å². The van der Waals surface area contributed by atoms with Gasteiger partial charge in [-0.2, -0.15) is 0 Å². The SMILES string of the molecule is CCNC(=O)c1ccc([N+](=O)[O-])c(OC2CC(N)C2)c1. The van der Waals surface area contributed by atoms with Gasteiger partial charge in [0, 0.05) is 30.3 Å². The highest BCUT2D eigenvalue weighted by molar-refractivity contribution is 5.95. The van der Waals surface area contributed by atoms with E-state index in [0.29, 0.717) is 24.9 Å². The highest BCUT2D eigenvalue weighted by Gasteiger charge is 2.30. The molecule has 0 bridgehead atoms. The number of nitrogens with zero attached hydrogens (tertiary/aromatic N) is 1. The lowest BCUT2D eigenvalue weighted by Gasteiger charge is -2.32. The molecule has 7 nitrogen and oxygen atoms in total. The summed E-state index contributed by atoms with van der Waals surface area (Å²) in [6, 6.07) is 4.21. The molecule has 2 rings (SSSR count). The zero-order valence-electron chi connectivity index (χ0n) is 11.2. The van der Waals surface area contributed by atoms with Gasteiger partial charge in [-0.05, 0) is 25.8 Å². The molecule has 3 N–H and O–H groups in total. The fraction of sp³-hybridized carbons (Fsp3) is 0.462. The average molecular weight is 279 g/mol. The summed E-state index contributed by atoms with van der Waals surface area (Å²) in [5.74, 6) is -0.159. The van der Waals surface area contributed by atoms with Crippen molar-refractivity contribution in [1.82, 2.24) is 5.32 Å². The molecule has 0 aromatic heterocycles. The van der Waals surface area contributed by atoms with Gasteiger partial charge < -0.3 is 15.8 Å². The summed E-state index contributed by atoms with van der Waals surface area (Å²) in [6.45, 7) is 2.29. The maximum atomic E-state index is 11.7. The molecule has 0 radical (unpaired) electrons. The minimum Gasteiger partial charge on any atom is -0.483 e. The lowest BCUT2D eigenvalue weighted by atomic mass is 9.90. The largest absolute Gasteiger partial charge is 0.483 e. The van der Waals surface area contributed by atoms with Gasteiger partial charge in [-0.15, -0.1) is 0 Å². The van der Waals surface area contributed by atoms with E-state index in [2.05, 4.69) is 5.32 Å². The molecule has 1 fully saturated rings. The molecule has 1 aliphatic rings. The van der Waals surface area contributed by atoms with E-state index < -0.39 is 4.92 Å². The van der Waals surface area contributed by atoms with Crippen LogP contribution in [-0.2, 0) is 0 Å². The van der Waals surface area contributed by atoms with Crippen molar-refractivity contribution in [3.8, 4) is 5.75 Å². The van der Waals surface area contributed by atoms with Crippen LogP contribution in [0, 0.1) is 10.1 Å². The van der Waals surface area contributed by atoms with Crippen LogP contribution in [0.1, 0.15) is 30.1 Å². The first-order valence-corrected chi connectivity index (χ1v) is 6.50. The van der Waals surface area contributed by atoms with Gasteiger partial charge in [-0.1, -0.05) is 0 Å². The third-order valence-electron chi connectivity index (χ3n) is 3.18. The maximum absolute atomic E-state index is 11.7. The molecule has 1 aromatic rings. The number of nitrogens with two attached hydrogens (primary N) is 1. The van der Waals surface area contributed by atoms with Gasteiger partial charge in [0.05, 0.1) is 4.92 Å². The molecule has 1 aromatic carbocycles. The number of benzene rings is 1. The Hall–Kier alpha value is -2.15. The van der Waals surface area contributed by atoms with E-state index in [1.54, 1.807) is 6.92 Å². The van der Waals surface area contributed by atoms with E-state index in [0.717, 1.165) is 0 Å². The second-order valence-electron chi connectivity index (χ2n) is 4.77.